The fourth-order valence-corrected chi connectivity index (χ4v) is 3.60. The van der Waals surface area contributed by atoms with Gasteiger partial charge >= 0.3 is 0 Å². The minimum Gasteiger partial charge on any atom is -0.300 e. The summed E-state index contributed by atoms with van der Waals surface area (Å²) in [4.78, 5) is 2.73. The Morgan fingerprint density at radius 1 is 0.625 bits per heavy atom. The van der Waals surface area contributed by atoms with Crippen molar-refractivity contribution in [2.75, 3.05) is 7.05 Å². The lowest BCUT2D eigenvalue weighted by molar-refractivity contribution is 0.0909. The van der Waals surface area contributed by atoms with Gasteiger partial charge in [0.15, 0.2) is 0 Å². The third-order valence-electron chi connectivity index (χ3n) is 5.12. The van der Waals surface area contributed by atoms with Gasteiger partial charge in [-0.15, -0.1) is 0 Å². The van der Waals surface area contributed by atoms with Gasteiger partial charge in [0, 0.05) is 12.1 Å². The van der Waals surface area contributed by atoms with E-state index in [2.05, 4.69) is 25.8 Å². The van der Waals surface area contributed by atoms with Crippen LogP contribution < -0.4 is 0 Å². The summed E-state index contributed by atoms with van der Waals surface area (Å²) >= 11 is 0. The summed E-state index contributed by atoms with van der Waals surface area (Å²) in [6, 6.07) is 1.80. The van der Waals surface area contributed by atoms with Crippen LogP contribution in [0.3, 0.4) is 0 Å². The molecule has 2 aliphatic carbocycles. The average molecular weight is 223 g/mol. The van der Waals surface area contributed by atoms with Gasteiger partial charge in [0.1, 0.15) is 0 Å². The highest BCUT2D eigenvalue weighted by Crippen LogP contribution is 2.32. The lowest BCUT2D eigenvalue weighted by Crippen LogP contribution is -2.43. The molecule has 0 aromatic rings. The molecule has 2 rings (SSSR count). The van der Waals surface area contributed by atoms with Crippen LogP contribution in [-0.2, 0) is 0 Å². The Morgan fingerprint density at radius 3 is 1.25 bits per heavy atom. The zero-order valence-electron chi connectivity index (χ0n) is 11.4. The van der Waals surface area contributed by atoms with Gasteiger partial charge in [-0.1, -0.05) is 13.8 Å². The molecule has 1 heteroatoms. The van der Waals surface area contributed by atoms with E-state index < -0.39 is 0 Å². The topological polar surface area (TPSA) is 3.24 Å². The first kappa shape index (κ1) is 12.4. The zero-order chi connectivity index (χ0) is 11.5. The third kappa shape index (κ3) is 3.00. The smallest absolute Gasteiger partial charge is 0.00953 e. The zero-order valence-corrected chi connectivity index (χ0v) is 11.4. The van der Waals surface area contributed by atoms with Crippen LogP contribution in [0.15, 0.2) is 0 Å². The highest BCUT2D eigenvalue weighted by molar-refractivity contribution is 4.83. The number of hydrogen-bond donors (Lipinski definition) is 0. The first-order valence-electron chi connectivity index (χ1n) is 7.38. The Kier molecular flexibility index (Phi) is 4.29. The standard InChI is InChI=1S/C15H29N/c1-12-4-8-14(9-5-12)16(3)15-10-6-13(2)7-11-15/h12-15H,4-11H2,1-3H3. The average Bonchev–Trinajstić information content (AvgIpc) is 2.30. The molecule has 0 aromatic heterocycles. The van der Waals surface area contributed by atoms with Crippen LogP contribution >= 0.6 is 0 Å². The van der Waals surface area contributed by atoms with E-state index in [1.54, 1.807) is 0 Å². The molecule has 2 saturated carbocycles. The van der Waals surface area contributed by atoms with Gasteiger partial charge in [0.25, 0.3) is 0 Å². The SMILES string of the molecule is CC1CCC(N(C)C2CCC(C)CC2)CC1. The van der Waals surface area contributed by atoms with Gasteiger partial charge in [-0.05, 0) is 70.3 Å². The maximum atomic E-state index is 2.73. The molecule has 0 bridgehead atoms. The molecule has 0 aliphatic heterocycles. The quantitative estimate of drug-likeness (QED) is 0.682. The van der Waals surface area contributed by atoms with Crippen molar-refractivity contribution in [1.29, 1.82) is 0 Å². The van der Waals surface area contributed by atoms with E-state index in [9.17, 15) is 0 Å². The van der Waals surface area contributed by atoms with Crippen LogP contribution in [0.2, 0.25) is 0 Å². The van der Waals surface area contributed by atoms with E-state index in [0.717, 1.165) is 23.9 Å². The Bertz CT molecular complexity index is 175. The third-order valence-corrected chi connectivity index (χ3v) is 5.12. The number of rotatable bonds is 2. The molecule has 0 radical (unpaired) electrons. The Morgan fingerprint density at radius 2 is 0.938 bits per heavy atom. The maximum Gasteiger partial charge on any atom is 0.00953 e. The first-order valence-corrected chi connectivity index (χ1v) is 7.38. The lowest BCUT2D eigenvalue weighted by Gasteiger charge is -2.41. The van der Waals surface area contributed by atoms with Gasteiger partial charge < -0.3 is 4.90 Å². The van der Waals surface area contributed by atoms with E-state index in [1.165, 1.54) is 51.4 Å². The Labute approximate surface area is 102 Å². The summed E-state index contributed by atoms with van der Waals surface area (Å²) in [7, 11) is 2.39. The van der Waals surface area contributed by atoms with Gasteiger partial charge in [-0.2, -0.15) is 0 Å². The highest BCUT2D eigenvalue weighted by atomic mass is 15.2. The normalized spacial score (nSPS) is 41.2. The molecule has 2 aliphatic rings. The Hall–Kier alpha value is -0.0400. The van der Waals surface area contributed by atoms with E-state index >= 15 is 0 Å². The van der Waals surface area contributed by atoms with Crippen molar-refractivity contribution in [3.63, 3.8) is 0 Å². The van der Waals surface area contributed by atoms with Gasteiger partial charge in [-0.25, -0.2) is 0 Å². The summed E-state index contributed by atoms with van der Waals surface area (Å²) in [5, 5.41) is 0. The highest BCUT2D eigenvalue weighted by Gasteiger charge is 2.28. The van der Waals surface area contributed by atoms with Crippen molar-refractivity contribution >= 4 is 0 Å². The van der Waals surface area contributed by atoms with E-state index in [-0.39, 0.29) is 0 Å². The fraction of sp³-hybridized carbons (Fsp3) is 1.00. The van der Waals surface area contributed by atoms with Gasteiger partial charge in [0.05, 0.1) is 0 Å². The molecular weight excluding hydrogens is 194 g/mol. The summed E-state index contributed by atoms with van der Waals surface area (Å²) in [5.74, 6) is 1.96. The predicted molar refractivity (Wildman–Crippen MR) is 70.6 cm³/mol. The van der Waals surface area contributed by atoms with E-state index in [4.69, 9.17) is 0 Å². The first-order chi connectivity index (χ1) is 7.66. The molecule has 94 valence electrons. The van der Waals surface area contributed by atoms with Crippen molar-refractivity contribution in [1.82, 2.24) is 4.90 Å². The van der Waals surface area contributed by atoms with Crippen LogP contribution in [0.25, 0.3) is 0 Å². The maximum absolute atomic E-state index is 2.73. The monoisotopic (exact) mass is 223 g/mol. The molecule has 0 atom stereocenters. The van der Waals surface area contributed by atoms with Crippen LogP contribution in [0, 0.1) is 11.8 Å². The summed E-state index contributed by atoms with van der Waals surface area (Å²) in [6.07, 6.45) is 11.6. The fourth-order valence-electron chi connectivity index (χ4n) is 3.60. The van der Waals surface area contributed by atoms with Crippen molar-refractivity contribution in [2.45, 2.75) is 77.3 Å². The summed E-state index contributed by atoms with van der Waals surface area (Å²) in [5.41, 5.74) is 0. The molecule has 0 saturated heterocycles. The number of nitrogens with zero attached hydrogens (tertiary/aromatic N) is 1. The van der Waals surface area contributed by atoms with E-state index in [1.807, 2.05) is 0 Å². The molecule has 16 heavy (non-hydrogen) atoms. The molecule has 0 aromatic carbocycles. The molecule has 1 nitrogen and oxygen atoms in total. The minimum atomic E-state index is 0.898. The largest absolute Gasteiger partial charge is 0.300 e. The van der Waals surface area contributed by atoms with Crippen molar-refractivity contribution in [3.05, 3.63) is 0 Å². The van der Waals surface area contributed by atoms with Gasteiger partial charge in [-0.3, -0.25) is 0 Å². The molecule has 0 amide bonds. The van der Waals surface area contributed by atoms with Crippen molar-refractivity contribution < 1.29 is 0 Å². The molecule has 0 heterocycles. The Balaban J connectivity index is 1.80. The molecule has 0 spiro atoms. The molecule has 0 unspecified atom stereocenters. The molecule has 0 N–H and O–H groups in total. The van der Waals surface area contributed by atoms with Crippen molar-refractivity contribution in [3.8, 4) is 0 Å². The summed E-state index contributed by atoms with van der Waals surface area (Å²) in [6.45, 7) is 4.83. The van der Waals surface area contributed by atoms with Gasteiger partial charge in [0.2, 0.25) is 0 Å². The van der Waals surface area contributed by atoms with Crippen LogP contribution in [-0.4, -0.2) is 24.0 Å². The second-order valence-corrected chi connectivity index (χ2v) is 6.49. The van der Waals surface area contributed by atoms with Crippen molar-refractivity contribution in [2.24, 2.45) is 11.8 Å². The predicted octanol–water partition coefficient (Wildman–Crippen LogP) is 4.08. The molecule has 2 fully saturated rings. The lowest BCUT2D eigenvalue weighted by atomic mass is 9.83. The summed E-state index contributed by atoms with van der Waals surface area (Å²) < 4.78 is 0. The second-order valence-electron chi connectivity index (χ2n) is 6.49. The van der Waals surface area contributed by atoms with Crippen LogP contribution in [0.1, 0.15) is 65.2 Å². The minimum absolute atomic E-state index is 0.898. The van der Waals surface area contributed by atoms with E-state index in [0.29, 0.717) is 0 Å². The van der Waals surface area contributed by atoms with Crippen LogP contribution in [0.4, 0.5) is 0 Å². The van der Waals surface area contributed by atoms with Crippen LogP contribution in [0.5, 0.6) is 0 Å². The second kappa shape index (κ2) is 5.53. The number of hydrogen-bond acceptors (Lipinski definition) is 1. The molecular formula is C15H29N.